The minimum atomic E-state index is -0.819. The Bertz CT molecular complexity index is 870. The third kappa shape index (κ3) is 6.76. The van der Waals surface area contributed by atoms with E-state index >= 15 is 0 Å². The molecule has 10 nitrogen and oxygen atoms in total. The van der Waals surface area contributed by atoms with Gasteiger partial charge in [0, 0.05) is 18.0 Å². The van der Waals surface area contributed by atoms with Crippen LogP contribution < -0.4 is 20.1 Å². The van der Waals surface area contributed by atoms with Gasteiger partial charge in [0.1, 0.15) is 0 Å². The number of carbonyl (C=O) groups is 3. The summed E-state index contributed by atoms with van der Waals surface area (Å²) in [5, 5.41) is 4.56. The summed E-state index contributed by atoms with van der Waals surface area (Å²) >= 11 is 0. The van der Waals surface area contributed by atoms with E-state index in [1.54, 1.807) is 25.1 Å². The molecule has 2 rings (SSSR count). The molecule has 0 spiro atoms. The molecule has 0 saturated heterocycles. The first-order valence-electron chi connectivity index (χ1n) is 8.89. The van der Waals surface area contributed by atoms with Crippen molar-refractivity contribution in [1.29, 1.82) is 0 Å². The molecule has 3 amide bonds. The number of amides is 3. The van der Waals surface area contributed by atoms with Crippen molar-refractivity contribution in [2.45, 2.75) is 20.8 Å². The van der Waals surface area contributed by atoms with Crippen molar-refractivity contribution in [1.82, 2.24) is 15.3 Å². The Morgan fingerprint density at radius 2 is 1.72 bits per heavy atom. The molecule has 1 aromatic carbocycles. The van der Waals surface area contributed by atoms with Gasteiger partial charge in [-0.25, -0.2) is 14.6 Å². The second-order valence-corrected chi connectivity index (χ2v) is 5.65. The zero-order valence-electron chi connectivity index (χ0n) is 16.4. The second kappa shape index (κ2) is 10.6. The minimum Gasteiger partial charge on any atom is -0.490 e. The number of urea groups is 1. The van der Waals surface area contributed by atoms with Gasteiger partial charge in [-0.2, -0.15) is 0 Å². The fourth-order valence-corrected chi connectivity index (χ4v) is 2.16. The number of ether oxygens (including phenoxy) is 3. The zero-order chi connectivity index (χ0) is 21.2. The normalized spacial score (nSPS) is 10.0. The van der Waals surface area contributed by atoms with Crippen LogP contribution in [0.15, 0.2) is 30.6 Å². The molecule has 0 saturated carbocycles. The van der Waals surface area contributed by atoms with Crippen molar-refractivity contribution < 1.29 is 28.6 Å². The van der Waals surface area contributed by atoms with Crippen LogP contribution >= 0.6 is 0 Å². The topological polar surface area (TPSA) is 129 Å². The van der Waals surface area contributed by atoms with Gasteiger partial charge >= 0.3 is 12.0 Å². The zero-order valence-corrected chi connectivity index (χ0v) is 16.4. The fraction of sp³-hybridized carbons (Fsp3) is 0.316. The first-order valence-corrected chi connectivity index (χ1v) is 8.89. The molecule has 154 valence electrons. The number of esters is 1. The van der Waals surface area contributed by atoms with Gasteiger partial charge in [-0.1, -0.05) is 0 Å². The summed E-state index contributed by atoms with van der Waals surface area (Å²) in [6.07, 6.45) is 2.64. The lowest BCUT2D eigenvalue weighted by Crippen LogP contribution is -2.37. The molecule has 29 heavy (non-hydrogen) atoms. The summed E-state index contributed by atoms with van der Waals surface area (Å²) in [6.45, 7) is 5.63. The summed E-state index contributed by atoms with van der Waals surface area (Å²) in [5.74, 6) is -0.609. The molecule has 0 bridgehead atoms. The molecule has 0 fully saturated rings. The molecule has 0 radical (unpaired) electrons. The molecule has 0 atom stereocenters. The summed E-state index contributed by atoms with van der Waals surface area (Å²) in [6, 6.07) is 4.05. The molecule has 0 aliphatic heterocycles. The number of carbonyl (C=O) groups excluding carboxylic acids is 3. The first kappa shape index (κ1) is 21.6. The van der Waals surface area contributed by atoms with Crippen molar-refractivity contribution in [3.05, 3.63) is 42.0 Å². The van der Waals surface area contributed by atoms with Crippen LogP contribution in [-0.4, -0.2) is 47.7 Å². The summed E-state index contributed by atoms with van der Waals surface area (Å²) < 4.78 is 15.7. The second-order valence-electron chi connectivity index (χ2n) is 5.65. The molecule has 10 heteroatoms. The summed E-state index contributed by atoms with van der Waals surface area (Å²) in [5.41, 5.74) is 0.998. The summed E-state index contributed by atoms with van der Waals surface area (Å²) in [4.78, 5) is 43.3. The average molecular weight is 402 g/mol. The van der Waals surface area contributed by atoms with Gasteiger partial charge in [-0.15, -0.1) is 0 Å². The largest absolute Gasteiger partial charge is 0.490 e. The third-order valence-corrected chi connectivity index (χ3v) is 3.38. The van der Waals surface area contributed by atoms with E-state index in [-0.39, 0.29) is 5.69 Å². The molecule has 2 N–H and O–H groups in total. The quantitative estimate of drug-likeness (QED) is 0.642. The Morgan fingerprint density at radius 3 is 2.38 bits per heavy atom. The Morgan fingerprint density at radius 1 is 1.00 bits per heavy atom. The van der Waals surface area contributed by atoms with Gasteiger partial charge in [0.15, 0.2) is 23.8 Å². The van der Waals surface area contributed by atoms with Crippen molar-refractivity contribution in [3.63, 3.8) is 0 Å². The van der Waals surface area contributed by atoms with Gasteiger partial charge in [0.2, 0.25) is 0 Å². The minimum absolute atomic E-state index is 0.0364. The maximum atomic E-state index is 12.0. The predicted octanol–water partition coefficient (Wildman–Crippen LogP) is 2.09. The van der Waals surface area contributed by atoms with E-state index in [1.165, 1.54) is 12.4 Å². The maximum Gasteiger partial charge on any atom is 0.359 e. The monoisotopic (exact) mass is 402 g/mol. The van der Waals surface area contributed by atoms with E-state index in [0.717, 1.165) is 0 Å². The molecular formula is C19H22N4O6. The summed E-state index contributed by atoms with van der Waals surface area (Å²) in [7, 11) is 0. The number of aryl methyl sites for hydroxylation is 1. The van der Waals surface area contributed by atoms with Gasteiger partial charge in [-0.3, -0.25) is 15.1 Å². The van der Waals surface area contributed by atoms with Crippen molar-refractivity contribution in [2.75, 3.05) is 25.1 Å². The smallest absolute Gasteiger partial charge is 0.359 e. The number of hydrogen-bond donors (Lipinski definition) is 2. The number of hydrogen-bond acceptors (Lipinski definition) is 8. The lowest BCUT2D eigenvalue weighted by molar-refractivity contribution is -0.123. The highest BCUT2D eigenvalue weighted by Gasteiger charge is 2.14. The number of nitrogens with one attached hydrogen (secondary N) is 2. The average Bonchev–Trinajstić information content (AvgIpc) is 2.69. The van der Waals surface area contributed by atoms with Crippen LogP contribution in [0.25, 0.3) is 0 Å². The highest BCUT2D eigenvalue weighted by atomic mass is 16.5. The molecule has 0 unspecified atom stereocenters. The Balaban J connectivity index is 1.86. The van der Waals surface area contributed by atoms with Crippen LogP contribution in [0, 0.1) is 6.92 Å². The standard InChI is InChI=1S/C19H22N4O6/c1-4-27-15-7-6-13(8-16(15)28-5-2)22-19(26)23-17(24)11-29-18(25)14-10-20-12(3)9-21-14/h6-10H,4-5,11H2,1-3H3,(H2,22,23,24,26). The van der Waals surface area contributed by atoms with Crippen LogP contribution in [0.3, 0.4) is 0 Å². The highest BCUT2D eigenvalue weighted by molar-refractivity contribution is 6.02. The number of anilines is 1. The number of aromatic nitrogens is 2. The highest BCUT2D eigenvalue weighted by Crippen LogP contribution is 2.30. The Hall–Kier alpha value is -3.69. The molecule has 1 aromatic heterocycles. The fourth-order valence-electron chi connectivity index (χ4n) is 2.16. The number of imide groups is 1. The van der Waals surface area contributed by atoms with Crippen LogP contribution in [0.2, 0.25) is 0 Å². The Labute approximate surface area is 167 Å². The molecule has 1 heterocycles. The maximum absolute atomic E-state index is 12.0. The molecule has 2 aromatic rings. The van der Waals surface area contributed by atoms with Crippen molar-refractivity contribution in [3.8, 4) is 11.5 Å². The third-order valence-electron chi connectivity index (χ3n) is 3.38. The first-order chi connectivity index (χ1) is 13.9. The van der Waals surface area contributed by atoms with Crippen molar-refractivity contribution >= 4 is 23.6 Å². The van der Waals surface area contributed by atoms with E-state index in [0.29, 0.717) is 36.1 Å². The SMILES string of the molecule is CCOc1ccc(NC(=O)NC(=O)COC(=O)c2cnc(C)cn2)cc1OCC. The predicted molar refractivity (Wildman–Crippen MR) is 103 cm³/mol. The van der Waals surface area contributed by atoms with E-state index in [4.69, 9.17) is 14.2 Å². The van der Waals surface area contributed by atoms with E-state index in [1.807, 2.05) is 13.8 Å². The molecule has 0 aliphatic carbocycles. The number of benzene rings is 1. The van der Waals surface area contributed by atoms with Crippen LogP contribution in [0.4, 0.5) is 10.5 Å². The van der Waals surface area contributed by atoms with Gasteiger partial charge in [-0.05, 0) is 32.9 Å². The van der Waals surface area contributed by atoms with E-state index < -0.39 is 24.5 Å². The van der Waals surface area contributed by atoms with E-state index in [9.17, 15) is 14.4 Å². The molecular weight excluding hydrogens is 380 g/mol. The van der Waals surface area contributed by atoms with E-state index in [2.05, 4.69) is 20.6 Å². The Kier molecular flexibility index (Phi) is 7.89. The number of nitrogens with zero attached hydrogens (tertiary/aromatic N) is 2. The van der Waals surface area contributed by atoms with Crippen LogP contribution in [-0.2, 0) is 9.53 Å². The lowest BCUT2D eigenvalue weighted by atomic mass is 10.2. The van der Waals surface area contributed by atoms with Crippen molar-refractivity contribution in [2.24, 2.45) is 0 Å². The lowest BCUT2D eigenvalue weighted by Gasteiger charge is -2.13. The molecule has 0 aliphatic rings. The van der Waals surface area contributed by atoms with Gasteiger partial charge in [0.05, 0.1) is 25.1 Å². The van der Waals surface area contributed by atoms with Gasteiger partial charge < -0.3 is 19.5 Å². The van der Waals surface area contributed by atoms with Crippen LogP contribution in [0.1, 0.15) is 30.0 Å². The van der Waals surface area contributed by atoms with Gasteiger partial charge in [0.25, 0.3) is 5.91 Å². The van der Waals surface area contributed by atoms with Crippen LogP contribution in [0.5, 0.6) is 11.5 Å². The number of rotatable bonds is 8.